The van der Waals surface area contributed by atoms with Crippen molar-refractivity contribution in [2.24, 2.45) is 0 Å². The number of nitrogens with one attached hydrogen (secondary N) is 1. The van der Waals surface area contributed by atoms with Gasteiger partial charge in [0.25, 0.3) is 0 Å². The lowest BCUT2D eigenvalue weighted by Crippen LogP contribution is -2.52. The highest BCUT2D eigenvalue weighted by Gasteiger charge is 2.30. The molecule has 1 N–H and O–H groups in total. The Hall–Kier alpha value is -0.580. The van der Waals surface area contributed by atoms with Gasteiger partial charge in [0.2, 0.25) is 0 Å². The van der Waals surface area contributed by atoms with E-state index < -0.39 is 0 Å². The van der Waals surface area contributed by atoms with Gasteiger partial charge < -0.3 is 10.1 Å². The first-order chi connectivity index (χ1) is 8.94. The molecular weight excluding hydrogens is 304 g/mol. The van der Waals surface area contributed by atoms with Gasteiger partial charge in [-0.1, -0.05) is 15.9 Å². The second-order valence-corrected chi connectivity index (χ2v) is 6.77. The zero-order valence-electron chi connectivity index (χ0n) is 11.9. The topological polar surface area (TPSA) is 24.5 Å². The van der Waals surface area contributed by atoms with Crippen molar-refractivity contribution >= 4 is 21.6 Å². The van der Waals surface area contributed by atoms with E-state index in [2.05, 4.69) is 71.2 Å². The number of anilines is 1. The number of nitrogens with zero attached hydrogens (tertiary/aromatic N) is 1. The monoisotopic (exact) mass is 326 g/mol. The molecule has 1 aliphatic rings. The van der Waals surface area contributed by atoms with Crippen LogP contribution >= 0.6 is 15.9 Å². The van der Waals surface area contributed by atoms with Gasteiger partial charge in [0.1, 0.15) is 0 Å². The largest absolute Gasteiger partial charge is 0.384 e. The highest BCUT2D eigenvalue weighted by molar-refractivity contribution is 9.10. The standard InChI is InChI=1S/C15H23BrN2O/c1-12-10-18(11-15(2,3)19-12)9-8-17-14-6-4-13(16)5-7-14/h4-7,12,17H,8-11H2,1-3H3. The summed E-state index contributed by atoms with van der Waals surface area (Å²) in [4.78, 5) is 2.47. The fourth-order valence-electron chi connectivity index (χ4n) is 2.68. The van der Waals surface area contributed by atoms with Crippen molar-refractivity contribution in [1.29, 1.82) is 0 Å². The third-order valence-corrected chi connectivity index (χ3v) is 3.77. The van der Waals surface area contributed by atoms with Crippen LogP contribution in [-0.4, -0.2) is 42.8 Å². The van der Waals surface area contributed by atoms with Gasteiger partial charge in [0, 0.05) is 36.3 Å². The van der Waals surface area contributed by atoms with Gasteiger partial charge in [-0.25, -0.2) is 0 Å². The first-order valence-corrected chi connectivity index (χ1v) is 7.63. The quantitative estimate of drug-likeness (QED) is 0.918. The number of hydrogen-bond donors (Lipinski definition) is 1. The van der Waals surface area contributed by atoms with Gasteiger partial charge in [-0.3, -0.25) is 4.90 Å². The lowest BCUT2D eigenvalue weighted by atomic mass is 10.1. The van der Waals surface area contributed by atoms with Crippen LogP contribution in [0.25, 0.3) is 0 Å². The third kappa shape index (κ3) is 4.79. The minimum Gasteiger partial charge on any atom is -0.384 e. The Kier molecular flexibility index (Phi) is 4.87. The molecule has 0 amide bonds. The molecule has 1 atom stereocenters. The third-order valence-electron chi connectivity index (χ3n) is 3.24. The molecule has 1 aliphatic heterocycles. The van der Waals surface area contributed by atoms with Crippen LogP contribution in [0.1, 0.15) is 20.8 Å². The molecule has 0 radical (unpaired) electrons. The van der Waals surface area contributed by atoms with E-state index in [1.807, 2.05) is 0 Å². The van der Waals surface area contributed by atoms with E-state index in [4.69, 9.17) is 4.74 Å². The van der Waals surface area contributed by atoms with Crippen molar-refractivity contribution < 1.29 is 4.74 Å². The van der Waals surface area contributed by atoms with Gasteiger partial charge in [-0.15, -0.1) is 0 Å². The Morgan fingerprint density at radius 2 is 2.05 bits per heavy atom. The maximum atomic E-state index is 5.91. The molecule has 0 aliphatic carbocycles. The van der Waals surface area contributed by atoms with Crippen molar-refractivity contribution in [1.82, 2.24) is 4.90 Å². The lowest BCUT2D eigenvalue weighted by Gasteiger charge is -2.41. The average Bonchev–Trinajstić information content (AvgIpc) is 2.29. The predicted molar refractivity (Wildman–Crippen MR) is 83.7 cm³/mol. The average molecular weight is 327 g/mol. The smallest absolute Gasteiger partial charge is 0.0757 e. The Balaban J connectivity index is 1.77. The first-order valence-electron chi connectivity index (χ1n) is 6.84. The van der Waals surface area contributed by atoms with Crippen LogP contribution in [0.5, 0.6) is 0 Å². The van der Waals surface area contributed by atoms with Gasteiger partial charge in [0.15, 0.2) is 0 Å². The molecular formula is C15H23BrN2O. The van der Waals surface area contributed by atoms with Crippen molar-refractivity contribution in [2.45, 2.75) is 32.5 Å². The number of hydrogen-bond acceptors (Lipinski definition) is 3. The second-order valence-electron chi connectivity index (χ2n) is 5.86. The summed E-state index contributed by atoms with van der Waals surface area (Å²) in [5, 5.41) is 3.46. The molecule has 3 nitrogen and oxygen atoms in total. The van der Waals surface area contributed by atoms with Gasteiger partial charge in [-0.05, 0) is 45.0 Å². The molecule has 0 spiro atoms. The zero-order chi connectivity index (χ0) is 13.9. The molecule has 2 rings (SSSR count). The maximum absolute atomic E-state index is 5.91. The molecule has 4 heteroatoms. The Bertz CT molecular complexity index is 405. The molecule has 1 unspecified atom stereocenters. The fourth-order valence-corrected chi connectivity index (χ4v) is 2.95. The summed E-state index contributed by atoms with van der Waals surface area (Å²) in [6.45, 7) is 10.5. The van der Waals surface area contributed by atoms with Crippen LogP contribution in [0.4, 0.5) is 5.69 Å². The van der Waals surface area contributed by atoms with E-state index in [9.17, 15) is 0 Å². The molecule has 1 fully saturated rings. The molecule has 0 aromatic heterocycles. The van der Waals surface area contributed by atoms with E-state index in [0.29, 0.717) is 6.10 Å². The van der Waals surface area contributed by atoms with Gasteiger partial charge >= 0.3 is 0 Å². The SMILES string of the molecule is CC1CN(CCNc2ccc(Br)cc2)CC(C)(C)O1. The van der Waals surface area contributed by atoms with Crippen molar-refractivity contribution in [3.63, 3.8) is 0 Å². The summed E-state index contributed by atoms with van der Waals surface area (Å²) in [7, 11) is 0. The predicted octanol–water partition coefficient (Wildman–Crippen LogP) is 3.36. The molecule has 1 saturated heterocycles. The Labute approximate surface area is 124 Å². The number of morpholine rings is 1. The first kappa shape index (κ1) is 14.8. The van der Waals surface area contributed by atoms with Crippen LogP contribution in [0.15, 0.2) is 28.7 Å². The summed E-state index contributed by atoms with van der Waals surface area (Å²) >= 11 is 3.45. The number of halogens is 1. The van der Waals surface area contributed by atoms with Crippen molar-refractivity contribution in [2.75, 3.05) is 31.5 Å². The van der Waals surface area contributed by atoms with E-state index >= 15 is 0 Å². The van der Waals surface area contributed by atoms with Gasteiger partial charge in [0.05, 0.1) is 11.7 Å². The summed E-state index contributed by atoms with van der Waals surface area (Å²) in [5.74, 6) is 0. The lowest BCUT2D eigenvalue weighted by molar-refractivity contribution is -0.127. The van der Waals surface area contributed by atoms with Crippen molar-refractivity contribution in [3.8, 4) is 0 Å². The highest BCUT2D eigenvalue weighted by atomic mass is 79.9. The van der Waals surface area contributed by atoms with E-state index in [1.165, 1.54) is 5.69 Å². The summed E-state index contributed by atoms with van der Waals surface area (Å²) in [5.41, 5.74) is 1.14. The fraction of sp³-hybridized carbons (Fsp3) is 0.600. The van der Waals surface area contributed by atoms with Crippen molar-refractivity contribution in [3.05, 3.63) is 28.7 Å². The number of rotatable bonds is 4. The van der Waals surface area contributed by atoms with Crippen LogP contribution in [0, 0.1) is 0 Å². The minimum atomic E-state index is -0.0325. The van der Waals surface area contributed by atoms with E-state index in [0.717, 1.165) is 30.7 Å². The highest BCUT2D eigenvalue weighted by Crippen LogP contribution is 2.20. The molecule has 1 aromatic carbocycles. The summed E-state index contributed by atoms with van der Waals surface area (Å²) in [6.07, 6.45) is 0.316. The van der Waals surface area contributed by atoms with Crippen LogP contribution in [0.3, 0.4) is 0 Å². The second kappa shape index (κ2) is 6.25. The molecule has 19 heavy (non-hydrogen) atoms. The Morgan fingerprint density at radius 3 is 2.68 bits per heavy atom. The summed E-state index contributed by atoms with van der Waals surface area (Å²) < 4.78 is 7.03. The molecule has 1 aromatic rings. The maximum Gasteiger partial charge on any atom is 0.0757 e. The van der Waals surface area contributed by atoms with Gasteiger partial charge in [-0.2, -0.15) is 0 Å². The van der Waals surface area contributed by atoms with Crippen LogP contribution in [0.2, 0.25) is 0 Å². The molecule has 1 heterocycles. The molecule has 0 bridgehead atoms. The number of benzene rings is 1. The molecule has 106 valence electrons. The van der Waals surface area contributed by atoms with Crippen LogP contribution in [-0.2, 0) is 4.74 Å². The van der Waals surface area contributed by atoms with E-state index in [-0.39, 0.29) is 5.60 Å². The minimum absolute atomic E-state index is 0.0325. The van der Waals surface area contributed by atoms with E-state index in [1.54, 1.807) is 0 Å². The normalized spacial score (nSPS) is 23.3. The Morgan fingerprint density at radius 1 is 1.37 bits per heavy atom. The molecule has 0 saturated carbocycles. The zero-order valence-corrected chi connectivity index (χ0v) is 13.5. The number of ether oxygens (including phenoxy) is 1. The summed E-state index contributed by atoms with van der Waals surface area (Å²) in [6, 6.07) is 8.30. The van der Waals surface area contributed by atoms with Crippen LogP contribution < -0.4 is 5.32 Å².